The number of alkyl halides is 2. The molecule has 0 saturated carbocycles. The molecular formula is C20H17F2N3O3. The SMILES string of the molecule is O=C(NC1CCCc2cc(OC(F)F)ccc21)c1ccc(-c2ncon2)cc1. The zero-order valence-electron chi connectivity index (χ0n) is 14.8. The summed E-state index contributed by atoms with van der Waals surface area (Å²) in [5, 5.41) is 6.79. The maximum Gasteiger partial charge on any atom is 0.387 e. The number of halogens is 2. The smallest absolute Gasteiger partial charge is 0.387 e. The van der Waals surface area contributed by atoms with Gasteiger partial charge in [0.25, 0.3) is 5.91 Å². The molecule has 0 aliphatic heterocycles. The molecule has 0 radical (unpaired) electrons. The molecule has 1 N–H and O–H groups in total. The second-order valence-corrected chi connectivity index (χ2v) is 6.49. The number of nitrogens with zero attached hydrogens (tertiary/aromatic N) is 2. The molecule has 0 saturated heterocycles. The van der Waals surface area contributed by atoms with E-state index in [4.69, 9.17) is 4.52 Å². The predicted molar refractivity (Wildman–Crippen MR) is 96.0 cm³/mol. The molecule has 3 aromatic rings. The number of carbonyl (C=O) groups excluding carboxylic acids is 1. The van der Waals surface area contributed by atoms with Crippen molar-refractivity contribution in [2.75, 3.05) is 0 Å². The zero-order chi connectivity index (χ0) is 19.5. The topological polar surface area (TPSA) is 77.2 Å². The zero-order valence-corrected chi connectivity index (χ0v) is 14.8. The Morgan fingerprint density at radius 1 is 1.21 bits per heavy atom. The van der Waals surface area contributed by atoms with Gasteiger partial charge in [-0.05, 0) is 54.7 Å². The first-order chi connectivity index (χ1) is 13.6. The third-order valence-corrected chi connectivity index (χ3v) is 4.73. The van der Waals surface area contributed by atoms with Gasteiger partial charge in [-0.1, -0.05) is 23.4 Å². The van der Waals surface area contributed by atoms with Crippen molar-refractivity contribution in [3.63, 3.8) is 0 Å². The van der Waals surface area contributed by atoms with Gasteiger partial charge in [-0.3, -0.25) is 4.79 Å². The Labute approximate surface area is 159 Å². The minimum Gasteiger partial charge on any atom is -0.435 e. The van der Waals surface area contributed by atoms with E-state index in [-0.39, 0.29) is 17.7 Å². The number of carbonyl (C=O) groups is 1. The number of hydrogen-bond acceptors (Lipinski definition) is 5. The molecule has 0 spiro atoms. The molecule has 1 heterocycles. The third kappa shape index (κ3) is 3.85. The highest BCUT2D eigenvalue weighted by Gasteiger charge is 2.23. The summed E-state index contributed by atoms with van der Waals surface area (Å²) in [5.74, 6) is 0.387. The summed E-state index contributed by atoms with van der Waals surface area (Å²) in [6.07, 6.45) is 3.65. The monoisotopic (exact) mass is 385 g/mol. The van der Waals surface area contributed by atoms with E-state index in [0.717, 1.165) is 36.0 Å². The number of benzene rings is 2. The average Bonchev–Trinajstić information content (AvgIpc) is 3.22. The van der Waals surface area contributed by atoms with E-state index in [1.54, 1.807) is 36.4 Å². The predicted octanol–water partition coefficient (Wildman–Crippen LogP) is 4.15. The van der Waals surface area contributed by atoms with Gasteiger partial charge in [0.15, 0.2) is 0 Å². The Morgan fingerprint density at radius 3 is 2.75 bits per heavy atom. The molecule has 0 bridgehead atoms. The first-order valence-electron chi connectivity index (χ1n) is 8.85. The van der Waals surface area contributed by atoms with Crippen LogP contribution >= 0.6 is 0 Å². The Kier molecular flexibility index (Phi) is 5.01. The minimum atomic E-state index is -2.85. The summed E-state index contributed by atoms with van der Waals surface area (Å²) < 4.78 is 34.0. The number of amides is 1. The molecule has 1 aromatic heterocycles. The second kappa shape index (κ2) is 7.75. The van der Waals surface area contributed by atoms with Crippen molar-refractivity contribution >= 4 is 5.91 Å². The quantitative estimate of drug-likeness (QED) is 0.714. The number of ether oxygens (including phenoxy) is 1. The fraction of sp³-hybridized carbons (Fsp3) is 0.250. The highest BCUT2D eigenvalue weighted by molar-refractivity contribution is 5.94. The lowest BCUT2D eigenvalue weighted by molar-refractivity contribution is -0.0499. The van der Waals surface area contributed by atoms with Gasteiger partial charge in [-0.15, -0.1) is 0 Å². The molecule has 1 atom stereocenters. The van der Waals surface area contributed by atoms with Gasteiger partial charge < -0.3 is 14.6 Å². The molecule has 0 fully saturated rings. The van der Waals surface area contributed by atoms with Gasteiger partial charge in [0, 0.05) is 11.1 Å². The number of aryl methyl sites for hydroxylation is 1. The molecule has 1 amide bonds. The fourth-order valence-electron chi connectivity index (χ4n) is 3.43. The standard InChI is InChI=1S/C20H17F2N3O3/c21-20(22)28-15-8-9-16-14(10-15)2-1-3-17(16)24-19(26)13-6-4-12(5-7-13)18-23-11-27-25-18/h4-11,17,20H,1-3H2,(H,24,26). The molecule has 4 rings (SSSR count). The van der Waals surface area contributed by atoms with Crippen LogP contribution in [0.2, 0.25) is 0 Å². The van der Waals surface area contributed by atoms with Crippen LogP contribution in [0.1, 0.15) is 40.4 Å². The van der Waals surface area contributed by atoms with Crippen molar-refractivity contribution in [3.05, 3.63) is 65.5 Å². The highest BCUT2D eigenvalue weighted by atomic mass is 19.3. The number of fused-ring (bicyclic) bond motifs is 1. The minimum absolute atomic E-state index is 0.137. The number of aromatic nitrogens is 2. The van der Waals surface area contributed by atoms with Crippen molar-refractivity contribution in [2.45, 2.75) is 31.9 Å². The molecule has 8 heteroatoms. The van der Waals surface area contributed by atoms with Crippen molar-refractivity contribution in [1.29, 1.82) is 0 Å². The largest absolute Gasteiger partial charge is 0.435 e. The summed E-state index contributed by atoms with van der Waals surface area (Å²) in [6.45, 7) is -2.85. The van der Waals surface area contributed by atoms with Crippen LogP contribution in [0.5, 0.6) is 5.75 Å². The molecule has 2 aromatic carbocycles. The van der Waals surface area contributed by atoms with Gasteiger partial charge in [-0.25, -0.2) is 0 Å². The maximum absolute atomic E-state index is 12.6. The summed E-state index contributed by atoms with van der Waals surface area (Å²) in [5.41, 5.74) is 3.11. The van der Waals surface area contributed by atoms with Crippen LogP contribution < -0.4 is 10.1 Å². The van der Waals surface area contributed by atoms with Crippen LogP contribution in [-0.2, 0) is 6.42 Å². The van der Waals surface area contributed by atoms with Crippen molar-refractivity contribution in [2.24, 2.45) is 0 Å². The first kappa shape index (κ1) is 18.1. The highest BCUT2D eigenvalue weighted by Crippen LogP contribution is 2.33. The van der Waals surface area contributed by atoms with E-state index in [0.29, 0.717) is 11.4 Å². The van der Waals surface area contributed by atoms with Gasteiger partial charge >= 0.3 is 6.61 Å². The van der Waals surface area contributed by atoms with Gasteiger partial charge in [0.05, 0.1) is 6.04 Å². The number of rotatable bonds is 5. The lowest BCUT2D eigenvalue weighted by Gasteiger charge is -2.27. The molecular weight excluding hydrogens is 368 g/mol. The lowest BCUT2D eigenvalue weighted by atomic mass is 9.87. The lowest BCUT2D eigenvalue weighted by Crippen LogP contribution is -2.31. The van der Waals surface area contributed by atoms with Gasteiger partial charge in [0.1, 0.15) is 5.75 Å². The Balaban J connectivity index is 1.48. The third-order valence-electron chi connectivity index (χ3n) is 4.73. The van der Waals surface area contributed by atoms with Crippen molar-refractivity contribution in [1.82, 2.24) is 15.5 Å². The normalized spacial score (nSPS) is 15.9. The summed E-state index contributed by atoms with van der Waals surface area (Å²) in [7, 11) is 0. The van der Waals surface area contributed by atoms with Gasteiger partial charge in [0.2, 0.25) is 12.2 Å². The molecule has 1 aliphatic rings. The first-order valence-corrected chi connectivity index (χ1v) is 8.85. The van der Waals surface area contributed by atoms with E-state index in [1.165, 1.54) is 12.5 Å². The van der Waals surface area contributed by atoms with E-state index in [1.807, 2.05) is 0 Å². The average molecular weight is 385 g/mol. The van der Waals surface area contributed by atoms with Crippen molar-refractivity contribution in [3.8, 4) is 17.1 Å². The number of hydrogen-bond donors (Lipinski definition) is 1. The van der Waals surface area contributed by atoms with Crippen LogP contribution in [-0.4, -0.2) is 22.7 Å². The van der Waals surface area contributed by atoms with Crippen molar-refractivity contribution < 1.29 is 22.8 Å². The second-order valence-electron chi connectivity index (χ2n) is 6.49. The molecule has 144 valence electrons. The molecule has 28 heavy (non-hydrogen) atoms. The van der Waals surface area contributed by atoms with E-state index in [9.17, 15) is 13.6 Å². The van der Waals surface area contributed by atoms with E-state index < -0.39 is 6.61 Å². The summed E-state index contributed by atoms with van der Waals surface area (Å²) in [4.78, 5) is 16.6. The molecule has 6 nitrogen and oxygen atoms in total. The van der Waals surface area contributed by atoms with Crippen LogP contribution in [0.15, 0.2) is 53.4 Å². The molecule has 1 aliphatic carbocycles. The van der Waals surface area contributed by atoms with Crippen LogP contribution in [0, 0.1) is 0 Å². The Morgan fingerprint density at radius 2 is 2.04 bits per heavy atom. The summed E-state index contributed by atoms with van der Waals surface area (Å²) in [6, 6.07) is 11.6. The van der Waals surface area contributed by atoms with Crippen LogP contribution in [0.4, 0.5) is 8.78 Å². The Hall–Kier alpha value is -3.29. The van der Waals surface area contributed by atoms with E-state index in [2.05, 4.69) is 20.2 Å². The van der Waals surface area contributed by atoms with Crippen LogP contribution in [0.25, 0.3) is 11.4 Å². The Bertz CT molecular complexity index is 959. The summed E-state index contributed by atoms with van der Waals surface area (Å²) >= 11 is 0. The maximum atomic E-state index is 12.6. The van der Waals surface area contributed by atoms with E-state index >= 15 is 0 Å². The molecule has 1 unspecified atom stereocenters. The van der Waals surface area contributed by atoms with Gasteiger partial charge in [-0.2, -0.15) is 13.8 Å². The van der Waals surface area contributed by atoms with Crippen LogP contribution in [0.3, 0.4) is 0 Å². The number of nitrogens with one attached hydrogen (secondary N) is 1. The fourth-order valence-corrected chi connectivity index (χ4v) is 3.43.